The smallest absolute Gasteiger partial charge is 0.118 e. The van der Waals surface area contributed by atoms with Gasteiger partial charge in [-0.25, -0.2) is 0 Å². The average molecular weight is 353 g/mol. The number of rotatable bonds is 4. The number of aryl methyl sites for hydroxylation is 1. The molecular formula is C21H21ClN2O. The Balaban J connectivity index is 1.71. The fourth-order valence-corrected chi connectivity index (χ4v) is 3.70. The van der Waals surface area contributed by atoms with Crippen LogP contribution in [0.25, 0.3) is 10.9 Å². The predicted molar refractivity (Wildman–Crippen MR) is 104 cm³/mol. The number of aromatic nitrogens is 1. The van der Waals surface area contributed by atoms with Gasteiger partial charge in [-0.2, -0.15) is 0 Å². The summed E-state index contributed by atoms with van der Waals surface area (Å²) in [5, 5.41) is 5.55. The van der Waals surface area contributed by atoms with E-state index < -0.39 is 0 Å². The van der Waals surface area contributed by atoms with Crippen LogP contribution < -0.4 is 10.1 Å². The molecule has 0 spiro atoms. The van der Waals surface area contributed by atoms with Crippen LogP contribution in [0, 0.1) is 0 Å². The van der Waals surface area contributed by atoms with E-state index in [1.165, 1.54) is 35.3 Å². The van der Waals surface area contributed by atoms with Crippen LogP contribution >= 0.6 is 11.6 Å². The molecule has 1 aliphatic carbocycles. The van der Waals surface area contributed by atoms with Crippen LogP contribution in [0.3, 0.4) is 0 Å². The van der Waals surface area contributed by atoms with E-state index in [0.29, 0.717) is 0 Å². The van der Waals surface area contributed by atoms with E-state index in [-0.39, 0.29) is 0 Å². The molecule has 0 aliphatic heterocycles. The van der Waals surface area contributed by atoms with Crippen molar-refractivity contribution >= 4 is 28.2 Å². The molecule has 1 N–H and O–H groups in total. The molecular weight excluding hydrogens is 332 g/mol. The summed E-state index contributed by atoms with van der Waals surface area (Å²) in [6.45, 7) is 0.776. The van der Waals surface area contributed by atoms with Crippen LogP contribution in [0.5, 0.6) is 5.75 Å². The Morgan fingerprint density at radius 3 is 2.68 bits per heavy atom. The molecule has 25 heavy (non-hydrogen) atoms. The lowest BCUT2D eigenvalue weighted by Crippen LogP contribution is -2.11. The molecule has 0 radical (unpaired) electrons. The summed E-state index contributed by atoms with van der Waals surface area (Å²) in [6, 6.07) is 14.2. The second-order valence-electron chi connectivity index (χ2n) is 6.48. The van der Waals surface area contributed by atoms with Gasteiger partial charge in [-0.1, -0.05) is 23.7 Å². The lowest BCUT2D eigenvalue weighted by Gasteiger charge is -2.22. The van der Waals surface area contributed by atoms with Crippen molar-refractivity contribution in [1.29, 1.82) is 0 Å². The standard InChI is InChI=1S/C21H21ClN2O/c1-25-16-9-6-14(7-10-16)13-23-21-17-4-2-3-5-19(17)24-20-12-15(22)8-11-18(20)21/h6-12H,2-5,13H2,1H3,(H,23,24). The van der Waals surface area contributed by atoms with E-state index in [1.807, 2.05) is 24.3 Å². The van der Waals surface area contributed by atoms with Gasteiger partial charge in [-0.05, 0) is 67.1 Å². The van der Waals surface area contributed by atoms with Gasteiger partial charge in [-0.3, -0.25) is 4.98 Å². The molecule has 4 heteroatoms. The molecule has 1 aromatic heterocycles. The third kappa shape index (κ3) is 3.29. The van der Waals surface area contributed by atoms with Crippen molar-refractivity contribution in [3.63, 3.8) is 0 Å². The van der Waals surface area contributed by atoms with E-state index in [4.69, 9.17) is 21.3 Å². The van der Waals surface area contributed by atoms with E-state index in [0.717, 1.165) is 41.1 Å². The lowest BCUT2D eigenvalue weighted by molar-refractivity contribution is 0.414. The summed E-state index contributed by atoms with van der Waals surface area (Å²) in [6.07, 6.45) is 4.58. The Kier molecular flexibility index (Phi) is 4.50. The van der Waals surface area contributed by atoms with E-state index in [1.54, 1.807) is 7.11 Å². The summed E-state index contributed by atoms with van der Waals surface area (Å²) >= 11 is 6.18. The number of benzene rings is 2. The Morgan fingerprint density at radius 2 is 1.88 bits per heavy atom. The molecule has 0 fully saturated rings. The van der Waals surface area contributed by atoms with Crippen molar-refractivity contribution in [3.05, 3.63) is 64.3 Å². The summed E-state index contributed by atoms with van der Waals surface area (Å²) in [5.41, 5.74) is 6.01. The number of nitrogens with one attached hydrogen (secondary N) is 1. The number of anilines is 1. The minimum Gasteiger partial charge on any atom is -0.497 e. The van der Waals surface area contributed by atoms with Crippen LogP contribution in [0.2, 0.25) is 5.02 Å². The van der Waals surface area contributed by atoms with Gasteiger partial charge in [0.15, 0.2) is 0 Å². The third-order valence-corrected chi connectivity index (χ3v) is 5.09. The van der Waals surface area contributed by atoms with Crippen LogP contribution in [0.1, 0.15) is 29.7 Å². The maximum atomic E-state index is 6.18. The molecule has 0 bridgehead atoms. The van der Waals surface area contributed by atoms with Gasteiger partial charge in [0.05, 0.1) is 12.6 Å². The number of fused-ring (bicyclic) bond motifs is 2. The maximum absolute atomic E-state index is 6.18. The molecule has 0 saturated heterocycles. The van der Waals surface area contributed by atoms with Crippen molar-refractivity contribution in [3.8, 4) is 5.75 Å². The topological polar surface area (TPSA) is 34.1 Å². The van der Waals surface area contributed by atoms with Gasteiger partial charge in [-0.15, -0.1) is 0 Å². The zero-order valence-electron chi connectivity index (χ0n) is 14.3. The zero-order valence-corrected chi connectivity index (χ0v) is 15.1. The Bertz CT molecular complexity index is 906. The summed E-state index contributed by atoms with van der Waals surface area (Å²) in [4.78, 5) is 4.87. The van der Waals surface area contributed by atoms with E-state index in [9.17, 15) is 0 Å². The average Bonchev–Trinajstić information content (AvgIpc) is 2.65. The number of halogens is 1. The highest BCUT2D eigenvalue weighted by molar-refractivity contribution is 6.31. The Hall–Kier alpha value is -2.26. The molecule has 1 aliphatic rings. The molecule has 3 aromatic rings. The first-order chi connectivity index (χ1) is 12.2. The first-order valence-electron chi connectivity index (χ1n) is 8.72. The molecule has 2 aromatic carbocycles. The SMILES string of the molecule is COc1ccc(CNc2c3c(nc4cc(Cl)ccc24)CCCC3)cc1. The van der Waals surface area contributed by atoms with E-state index in [2.05, 4.69) is 23.5 Å². The van der Waals surface area contributed by atoms with Gasteiger partial charge in [0, 0.05) is 28.3 Å². The predicted octanol–water partition coefficient (Wildman–Crippen LogP) is 5.39. The first-order valence-corrected chi connectivity index (χ1v) is 9.10. The molecule has 0 saturated carbocycles. The molecule has 128 valence electrons. The second-order valence-corrected chi connectivity index (χ2v) is 6.92. The van der Waals surface area contributed by atoms with Crippen molar-refractivity contribution in [2.24, 2.45) is 0 Å². The summed E-state index contributed by atoms with van der Waals surface area (Å²) in [7, 11) is 1.69. The molecule has 4 rings (SSSR count). The number of hydrogen-bond acceptors (Lipinski definition) is 3. The molecule has 0 unspecified atom stereocenters. The fraction of sp³-hybridized carbons (Fsp3) is 0.286. The lowest BCUT2D eigenvalue weighted by atomic mass is 9.92. The largest absolute Gasteiger partial charge is 0.497 e. The molecule has 0 atom stereocenters. The van der Waals surface area contributed by atoms with E-state index >= 15 is 0 Å². The number of hydrogen-bond donors (Lipinski definition) is 1. The van der Waals surface area contributed by atoms with Gasteiger partial charge >= 0.3 is 0 Å². The molecule has 3 nitrogen and oxygen atoms in total. The fourth-order valence-electron chi connectivity index (χ4n) is 3.53. The Morgan fingerprint density at radius 1 is 1.08 bits per heavy atom. The van der Waals surface area contributed by atoms with Crippen molar-refractivity contribution in [2.45, 2.75) is 32.2 Å². The van der Waals surface area contributed by atoms with Crippen molar-refractivity contribution in [2.75, 3.05) is 12.4 Å². The molecule has 1 heterocycles. The van der Waals surface area contributed by atoms with Gasteiger partial charge in [0.25, 0.3) is 0 Å². The maximum Gasteiger partial charge on any atom is 0.118 e. The highest BCUT2D eigenvalue weighted by atomic mass is 35.5. The van der Waals surface area contributed by atoms with Gasteiger partial charge < -0.3 is 10.1 Å². The van der Waals surface area contributed by atoms with Gasteiger partial charge in [0.2, 0.25) is 0 Å². The third-order valence-electron chi connectivity index (χ3n) is 4.85. The second kappa shape index (κ2) is 6.93. The monoisotopic (exact) mass is 352 g/mol. The molecule has 0 amide bonds. The van der Waals surface area contributed by atoms with Crippen LogP contribution in [0.15, 0.2) is 42.5 Å². The zero-order chi connectivity index (χ0) is 17.2. The minimum absolute atomic E-state index is 0.733. The number of methoxy groups -OCH3 is 1. The minimum atomic E-state index is 0.733. The highest BCUT2D eigenvalue weighted by Crippen LogP contribution is 2.34. The normalized spacial score (nSPS) is 13.5. The number of pyridine rings is 1. The van der Waals surface area contributed by atoms with Crippen LogP contribution in [-0.2, 0) is 19.4 Å². The first kappa shape index (κ1) is 16.2. The number of nitrogens with zero attached hydrogens (tertiary/aromatic N) is 1. The van der Waals surface area contributed by atoms with Crippen LogP contribution in [-0.4, -0.2) is 12.1 Å². The van der Waals surface area contributed by atoms with Crippen molar-refractivity contribution in [1.82, 2.24) is 4.98 Å². The highest BCUT2D eigenvalue weighted by Gasteiger charge is 2.18. The van der Waals surface area contributed by atoms with Gasteiger partial charge in [0.1, 0.15) is 5.75 Å². The Labute approximate surface area is 153 Å². The number of ether oxygens (including phenoxy) is 1. The quantitative estimate of drug-likeness (QED) is 0.683. The summed E-state index contributed by atoms with van der Waals surface area (Å²) < 4.78 is 5.23. The van der Waals surface area contributed by atoms with Crippen LogP contribution in [0.4, 0.5) is 5.69 Å². The van der Waals surface area contributed by atoms with Crippen molar-refractivity contribution < 1.29 is 4.74 Å². The summed E-state index contributed by atoms with van der Waals surface area (Å²) in [5.74, 6) is 0.880.